The maximum absolute atomic E-state index is 13.9. The highest BCUT2D eigenvalue weighted by Crippen LogP contribution is 2.31. The maximum atomic E-state index is 13.9. The zero-order valence-corrected chi connectivity index (χ0v) is 22.2. The van der Waals surface area contributed by atoms with Gasteiger partial charge in [0.25, 0.3) is 5.91 Å². The van der Waals surface area contributed by atoms with Crippen LogP contribution in [0, 0.1) is 0 Å². The second kappa shape index (κ2) is 14.2. The third-order valence-electron chi connectivity index (χ3n) is 6.27. The van der Waals surface area contributed by atoms with E-state index in [0.29, 0.717) is 61.8 Å². The van der Waals surface area contributed by atoms with Crippen molar-refractivity contribution in [3.05, 3.63) is 47.1 Å². The molecule has 2 atom stereocenters. The van der Waals surface area contributed by atoms with Gasteiger partial charge in [-0.15, -0.1) is 0 Å². The Hall–Kier alpha value is -2.82. The highest BCUT2D eigenvalue weighted by molar-refractivity contribution is 5.94. The lowest BCUT2D eigenvalue weighted by Crippen LogP contribution is -2.41. The van der Waals surface area contributed by atoms with E-state index in [2.05, 4.69) is 6.58 Å². The van der Waals surface area contributed by atoms with Crippen molar-refractivity contribution in [3.8, 4) is 0 Å². The molecule has 1 fully saturated rings. The van der Waals surface area contributed by atoms with Gasteiger partial charge in [0.1, 0.15) is 0 Å². The van der Waals surface area contributed by atoms with Crippen molar-refractivity contribution in [2.24, 2.45) is 0 Å². The third kappa shape index (κ3) is 8.34. The van der Waals surface area contributed by atoms with Crippen molar-refractivity contribution in [2.45, 2.75) is 77.9 Å². The molecule has 2 rings (SSSR count). The molecule has 206 valence electrons. The van der Waals surface area contributed by atoms with E-state index in [1.165, 1.54) is 13.0 Å². The Kier molecular flexibility index (Phi) is 11.7. The van der Waals surface area contributed by atoms with Gasteiger partial charge in [-0.3, -0.25) is 9.59 Å². The third-order valence-corrected chi connectivity index (χ3v) is 6.27. The molecule has 1 aromatic heterocycles. The molecular weight excluding hydrogens is 481 g/mol. The molecule has 37 heavy (non-hydrogen) atoms. The molecule has 1 aliphatic rings. The summed E-state index contributed by atoms with van der Waals surface area (Å²) in [6.45, 7) is 12.9. The average molecular weight is 522 g/mol. The van der Waals surface area contributed by atoms with Gasteiger partial charge in [0, 0.05) is 24.3 Å². The summed E-state index contributed by atoms with van der Waals surface area (Å²) in [6, 6.07) is 0. The molecule has 2 heterocycles. The molecule has 1 amide bonds. The first-order chi connectivity index (χ1) is 17.5. The molecule has 10 heteroatoms. The molecule has 3 N–H and O–H groups in total. The molecule has 1 aromatic rings. The van der Waals surface area contributed by atoms with Gasteiger partial charge in [0.15, 0.2) is 5.69 Å². The fraction of sp³-hybridized carbons (Fsp3) is 0.593. The van der Waals surface area contributed by atoms with Crippen LogP contribution in [0.3, 0.4) is 0 Å². The summed E-state index contributed by atoms with van der Waals surface area (Å²) in [5.41, 5.74) is 2.90. The van der Waals surface area contributed by atoms with Gasteiger partial charge in [0.2, 0.25) is 0 Å². The van der Waals surface area contributed by atoms with Crippen molar-refractivity contribution in [2.75, 3.05) is 26.3 Å². The molecule has 0 spiro atoms. The predicted molar refractivity (Wildman–Crippen MR) is 139 cm³/mol. The highest BCUT2D eigenvalue weighted by Gasteiger charge is 2.30. The lowest BCUT2D eigenvalue weighted by Gasteiger charge is -2.26. The summed E-state index contributed by atoms with van der Waals surface area (Å²) in [5, 5.41) is 34.1. The SMILES string of the molecule is C=C/C(=C(\C=C(/C)F)CC)n1nc(C(=O)N2CCOCC2)c(C(C)C)c1CCC(O)CC(O)CC(=O)O. The minimum Gasteiger partial charge on any atom is -0.481 e. The smallest absolute Gasteiger partial charge is 0.305 e. The fourth-order valence-electron chi connectivity index (χ4n) is 4.56. The molecule has 0 saturated carbocycles. The lowest BCUT2D eigenvalue weighted by molar-refractivity contribution is -0.139. The number of amides is 1. The van der Waals surface area contributed by atoms with Crippen LogP contribution in [0.5, 0.6) is 0 Å². The number of carboxylic acid groups (broad SMARTS) is 1. The Labute approximate surface area is 217 Å². The van der Waals surface area contributed by atoms with Gasteiger partial charge in [-0.1, -0.05) is 27.4 Å². The van der Waals surface area contributed by atoms with Crippen LogP contribution in [-0.4, -0.2) is 80.4 Å². The van der Waals surface area contributed by atoms with Crippen molar-refractivity contribution in [1.29, 1.82) is 0 Å². The monoisotopic (exact) mass is 521 g/mol. The topological polar surface area (TPSA) is 125 Å². The molecule has 2 unspecified atom stereocenters. The fourth-order valence-corrected chi connectivity index (χ4v) is 4.56. The number of aromatic nitrogens is 2. The minimum absolute atomic E-state index is 0.0897. The van der Waals surface area contributed by atoms with Gasteiger partial charge in [-0.25, -0.2) is 9.07 Å². The molecular formula is C27H40FN3O6. The zero-order chi connectivity index (χ0) is 27.7. The Morgan fingerprint density at radius 1 is 1.22 bits per heavy atom. The van der Waals surface area contributed by atoms with E-state index in [9.17, 15) is 24.2 Å². The van der Waals surface area contributed by atoms with E-state index in [0.717, 1.165) is 5.56 Å². The number of ether oxygens (including phenoxy) is 1. The summed E-state index contributed by atoms with van der Waals surface area (Å²) in [7, 11) is 0. The second-order valence-corrected chi connectivity index (χ2v) is 9.56. The van der Waals surface area contributed by atoms with E-state index in [1.807, 2.05) is 20.8 Å². The molecule has 9 nitrogen and oxygen atoms in total. The summed E-state index contributed by atoms with van der Waals surface area (Å²) >= 11 is 0. The lowest BCUT2D eigenvalue weighted by atomic mass is 9.95. The van der Waals surface area contributed by atoms with Gasteiger partial charge in [-0.05, 0) is 56.3 Å². The average Bonchev–Trinajstić information content (AvgIpc) is 3.21. The van der Waals surface area contributed by atoms with Crippen LogP contribution in [0.1, 0.15) is 81.0 Å². The van der Waals surface area contributed by atoms with Crippen molar-refractivity contribution in [3.63, 3.8) is 0 Å². The highest BCUT2D eigenvalue weighted by atomic mass is 19.1. The summed E-state index contributed by atoms with van der Waals surface area (Å²) in [6.07, 6.45) is 1.30. The van der Waals surface area contributed by atoms with Crippen LogP contribution in [0.2, 0.25) is 0 Å². The molecule has 0 aromatic carbocycles. The Bertz CT molecular complexity index is 1020. The number of aliphatic hydroxyl groups excluding tert-OH is 2. The van der Waals surface area contributed by atoms with Gasteiger partial charge < -0.3 is 25.0 Å². The quantitative estimate of drug-likeness (QED) is 0.338. The van der Waals surface area contributed by atoms with E-state index in [1.54, 1.807) is 15.7 Å². The van der Waals surface area contributed by atoms with E-state index in [-0.39, 0.29) is 30.5 Å². The number of morpholine rings is 1. The number of hydrogen-bond donors (Lipinski definition) is 3. The first-order valence-electron chi connectivity index (χ1n) is 12.8. The number of carboxylic acids is 1. The van der Waals surface area contributed by atoms with Crippen LogP contribution < -0.4 is 0 Å². The van der Waals surface area contributed by atoms with Crippen LogP contribution in [0.25, 0.3) is 5.70 Å². The Balaban J connectivity index is 2.59. The number of aliphatic hydroxyl groups is 2. The standard InChI is InChI=1S/C27H40FN3O6/c1-6-19(14-18(5)28)22(7-2)31-23(9-8-20(32)15-21(33)16-24(34)35)25(17(3)4)26(29-31)27(36)30-10-12-37-13-11-30/h7,14,17,20-21,32-33H,2,6,8-13,15-16H2,1,3-5H3,(H,34,35)/b18-14+,22-19+. The molecule has 1 saturated heterocycles. The summed E-state index contributed by atoms with van der Waals surface area (Å²) in [4.78, 5) is 26.1. The van der Waals surface area contributed by atoms with Crippen LogP contribution in [0.4, 0.5) is 4.39 Å². The van der Waals surface area contributed by atoms with Crippen molar-refractivity contribution >= 4 is 17.6 Å². The largest absolute Gasteiger partial charge is 0.481 e. The first-order valence-corrected chi connectivity index (χ1v) is 12.8. The normalized spacial score (nSPS) is 17.0. The van der Waals surface area contributed by atoms with Crippen LogP contribution in [-0.2, 0) is 16.0 Å². The number of aliphatic carboxylic acids is 1. The van der Waals surface area contributed by atoms with Crippen LogP contribution in [0.15, 0.2) is 30.1 Å². The number of hydrogen-bond acceptors (Lipinski definition) is 6. The first kappa shape index (κ1) is 30.4. The van der Waals surface area contributed by atoms with E-state index >= 15 is 0 Å². The van der Waals surface area contributed by atoms with Gasteiger partial charge in [0.05, 0.1) is 43.4 Å². The number of halogens is 1. The second-order valence-electron chi connectivity index (χ2n) is 9.56. The molecule has 0 radical (unpaired) electrons. The zero-order valence-electron chi connectivity index (χ0n) is 22.2. The molecule has 1 aliphatic heterocycles. The van der Waals surface area contributed by atoms with Crippen molar-refractivity contribution in [1.82, 2.24) is 14.7 Å². The number of allylic oxidation sites excluding steroid dienone is 5. The van der Waals surface area contributed by atoms with E-state index < -0.39 is 24.6 Å². The summed E-state index contributed by atoms with van der Waals surface area (Å²) < 4.78 is 20.9. The van der Waals surface area contributed by atoms with Crippen LogP contribution >= 0.6 is 0 Å². The minimum atomic E-state index is -1.17. The molecule has 0 aliphatic carbocycles. The number of carbonyl (C=O) groups is 2. The Morgan fingerprint density at radius 2 is 1.86 bits per heavy atom. The summed E-state index contributed by atoms with van der Waals surface area (Å²) in [5.74, 6) is -1.83. The number of nitrogens with zero attached hydrogens (tertiary/aromatic N) is 3. The van der Waals surface area contributed by atoms with Gasteiger partial charge >= 0.3 is 5.97 Å². The van der Waals surface area contributed by atoms with Crippen molar-refractivity contribution < 1.29 is 34.0 Å². The Morgan fingerprint density at radius 3 is 2.38 bits per heavy atom. The molecule has 0 bridgehead atoms. The number of carbonyl (C=O) groups excluding carboxylic acids is 1. The maximum Gasteiger partial charge on any atom is 0.305 e. The number of rotatable bonds is 13. The van der Waals surface area contributed by atoms with E-state index in [4.69, 9.17) is 14.9 Å². The van der Waals surface area contributed by atoms with Gasteiger partial charge in [-0.2, -0.15) is 5.10 Å². The predicted octanol–water partition coefficient (Wildman–Crippen LogP) is 3.68.